The second-order valence-electron chi connectivity index (χ2n) is 7.51. The van der Waals surface area contributed by atoms with Crippen LogP contribution >= 0.6 is 11.3 Å². The molecule has 0 aliphatic carbocycles. The molecule has 10 heteroatoms. The van der Waals surface area contributed by atoms with Crippen molar-refractivity contribution in [1.29, 1.82) is 0 Å². The molecule has 9 nitrogen and oxygen atoms in total. The topological polar surface area (TPSA) is 130 Å². The van der Waals surface area contributed by atoms with Crippen molar-refractivity contribution in [2.24, 2.45) is 5.73 Å². The van der Waals surface area contributed by atoms with Crippen LogP contribution in [0, 0.1) is 0 Å². The zero-order chi connectivity index (χ0) is 24.1. The minimum atomic E-state index is -1.96. The first-order chi connectivity index (χ1) is 16.4. The molecular formula is C24H23N3O6S. The van der Waals surface area contributed by atoms with Gasteiger partial charge >= 0.3 is 0 Å². The predicted molar refractivity (Wildman–Crippen MR) is 125 cm³/mol. The van der Waals surface area contributed by atoms with E-state index in [-0.39, 0.29) is 18.8 Å². The highest BCUT2D eigenvalue weighted by atomic mass is 32.1. The number of carbonyl (C=O) groups excluding carboxylic acids is 3. The Labute approximate surface area is 199 Å². The van der Waals surface area contributed by atoms with Crippen molar-refractivity contribution in [2.45, 2.75) is 25.0 Å². The van der Waals surface area contributed by atoms with Gasteiger partial charge in [-0.15, -0.1) is 11.3 Å². The SMILES string of the molecule is CCOCCC1(Oc2ccc(Oc3ccc(-c4cscn4)cc3)cc2)C(=O)NC(=O)C(N)C1=O. The molecule has 2 heterocycles. The van der Waals surface area contributed by atoms with E-state index in [1.54, 1.807) is 36.7 Å². The van der Waals surface area contributed by atoms with Crippen molar-refractivity contribution in [1.82, 2.24) is 10.3 Å². The van der Waals surface area contributed by atoms with Gasteiger partial charge in [-0.25, -0.2) is 4.98 Å². The van der Waals surface area contributed by atoms with Crippen LogP contribution in [-0.2, 0) is 19.1 Å². The number of rotatable bonds is 9. The molecule has 1 aromatic heterocycles. The molecule has 1 aliphatic heterocycles. The zero-order valence-electron chi connectivity index (χ0n) is 18.4. The van der Waals surface area contributed by atoms with Gasteiger partial charge in [0.25, 0.3) is 11.8 Å². The fourth-order valence-electron chi connectivity index (χ4n) is 3.48. The zero-order valence-corrected chi connectivity index (χ0v) is 19.2. The average Bonchev–Trinajstić information content (AvgIpc) is 3.38. The summed E-state index contributed by atoms with van der Waals surface area (Å²) in [4.78, 5) is 41.6. The van der Waals surface area contributed by atoms with Crippen molar-refractivity contribution in [3.05, 3.63) is 59.4 Å². The Morgan fingerprint density at radius 3 is 2.29 bits per heavy atom. The van der Waals surface area contributed by atoms with Crippen molar-refractivity contribution in [3.8, 4) is 28.5 Å². The molecule has 0 spiro atoms. The maximum Gasteiger partial charge on any atom is 0.278 e. The van der Waals surface area contributed by atoms with Crippen LogP contribution < -0.4 is 20.5 Å². The van der Waals surface area contributed by atoms with Crippen molar-refractivity contribution < 1.29 is 28.6 Å². The molecule has 2 aromatic carbocycles. The van der Waals surface area contributed by atoms with E-state index < -0.39 is 29.2 Å². The van der Waals surface area contributed by atoms with E-state index in [0.29, 0.717) is 18.1 Å². The van der Waals surface area contributed by atoms with E-state index >= 15 is 0 Å². The predicted octanol–water partition coefficient (Wildman–Crippen LogP) is 2.70. The highest BCUT2D eigenvalue weighted by molar-refractivity contribution is 7.07. The van der Waals surface area contributed by atoms with E-state index in [0.717, 1.165) is 11.3 Å². The Morgan fingerprint density at radius 1 is 1.03 bits per heavy atom. The Bertz CT molecular complexity index is 1160. The lowest BCUT2D eigenvalue weighted by Gasteiger charge is -2.36. The van der Waals surface area contributed by atoms with E-state index in [2.05, 4.69) is 10.3 Å². The average molecular weight is 482 g/mol. The summed E-state index contributed by atoms with van der Waals surface area (Å²) in [6.45, 7) is 2.26. The molecular weight excluding hydrogens is 458 g/mol. The number of nitrogens with two attached hydrogens (primary N) is 1. The van der Waals surface area contributed by atoms with Gasteiger partial charge in [0.1, 0.15) is 23.3 Å². The van der Waals surface area contributed by atoms with E-state index in [9.17, 15) is 14.4 Å². The van der Waals surface area contributed by atoms with Gasteiger partial charge in [0, 0.05) is 24.0 Å². The number of hydrogen-bond acceptors (Lipinski definition) is 9. The maximum absolute atomic E-state index is 12.9. The molecule has 1 fully saturated rings. The quantitative estimate of drug-likeness (QED) is 0.271. The molecule has 34 heavy (non-hydrogen) atoms. The largest absolute Gasteiger partial charge is 0.469 e. The summed E-state index contributed by atoms with van der Waals surface area (Å²) in [5.74, 6) is -1.11. The lowest BCUT2D eigenvalue weighted by molar-refractivity contribution is -0.159. The number of ether oxygens (including phenoxy) is 3. The standard InChI is InChI=1S/C24H23N3O6S/c1-2-31-12-11-24(21(28)20(25)22(29)27-23(24)30)33-18-9-7-17(8-10-18)32-16-5-3-15(4-6-16)19-13-34-14-26-19/h3-10,13-14,20H,2,11-12,25H2,1H3,(H,27,29,30). The third kappa shape index (κ3) is 4.84. The first kappa shape index (κ1) is 23.6. The van der Waals surface area contributed by atoms with E-state index in [4.69, 9.17) is 19.9 Å². The number of hydrogen-bond donors (Lipinski definition) is 2. The maximum atomic E-state index is 12.9. The molecule has 1 saturated heterocycles. The van der Waals surface area contributed by atoms with Crippen LogP contribution in [0.5, 0.6) is 17.2 Å². The molecule has 0 bridgehead atoms. The van der Waals surface area contributed by atoms with Gasteiger partial charge in [0.05, 0.1) is 17.8 Å². The number of thiazole rings is 1. The number of nitrogens with zero attached hydrogens (tertiary/aromatic N) is 1. The Balaban J connectivity index is 1.48. The first-order valence-corrected chi connectivity index (χ1v) is 11.6. The van der Waals surface area contributed by atoms with E-state index in [1.165, 1.54) is 11.3 Å². The number of Topliss-reactive ketones (excluding diaryl/α,β-unsaturated/α-hetero) is 1. The number of nitrogens with one attached hydrogen (secondary N) is 1. The number of ketones is 1. The van der Waals surface area contributed by atoms with Gasteiger partial charge in [-0.2, -0.15) is 0 Å². The van der Waals surface area contributed by atoms with E-state index in [1.807, 2.05) is 29.6 Å². The van der Waals surface area contributed by atoms with Crippen LogP contribution in [0.15, 0.2) is 59.4 Å². The number of piperidine rings is 1. The minimum Gasteiger partial charge on any atom is -0.469 e. The number of benzene rings is 2. The van der Waals surface area contributed by atoms with Gasteiger partial charge in [-0.1, -0.05) is 0 Å². The lowest BCUT2D eigenvalue weighted by atomic mass is 9.85. The van der Waals surface area contributed by atoms with Crippen LogP contribution in [-0.4, -0.2) is 47.4 Å². The smallest absolute Gasteiger partial charge is 0.278 e. The summed E-state index contributed by atoms with van der Waals surface area (Å²) in [6.07, 6.45) is -0.0872. The molecule has 3 aromatic rings. The summed E-state index contributed by atoms with van der Waals surface area (Å²) in [5, 5.41) is 4.09. The third-order valence-corrected chi connectivity index (χ3v) is 5.89. The van der Waals surface area contributed by atoms with Crippen molar-refractivity contribution >= 4 is 28.9 Å². The Kier molecular flexibility index (Phi) is 7.01. The minimum absolute atomic E-state index is 0.0780. The number of amides is 2. The number of carbonyl (C=O) groups is 3. The van der Waals surface area contributed by atoms with Gasteiger partial charge in [-0.3, -0.25) is 19.7 Å². The molecule has 3 N–H and O–H groups in total. The summed E-state index contributed by atoms with van der Waals surface area (Å²) in [6, 6.07) is 12.5. The summed E-state index contributed by atoms with van der Waals surface area (Å²) >= 11 is 1.53. The van der Waals surface area contributed by atoms with Crippen LogP contribution in [0.1, 0.15) is 13.3 Å². The van der Waals surface area contributed by atoms with Gasteiger partial charge < -0.3 is 19.9 Å². The van der Waals surface area contributed by atoms with Gasteiger partial charge in [0.2, 0.25) is 11.4 Å². The lowest BCUT2D eigenvalue weighted by Crippen LogP contribution is -2.70. The number of aromatic nitrogens is 1. The highest BCUT2D eigenvalue weighted by Crippen LogP contribution is 2.30. The first-order valence-electron chi connectivity index (χ1n) is 10.6. The van der Waals surface area contributed by atoms with Crippen LogP contribution in [0.4, 0.5) is 0 Å². The van der Waals surface area contributed by atoms with Crippen molar-refractivity contribution in [3.63, 3.8) is 0 Å². The second kappa shape index (κ2) is 10.1. The van der Waals surface area contributed by atoms with Crippen LogP contribution in [0.3, 0.4) is 0 Å². The molecule has 176 valence electrons. The molecule has 2 atom stereocenters. The molecule has 0 radical (unpaired) electrons. The summed E-state index contributed by atoms with van der Waals surface area (Å²) < 4.78 is 17.0. The highest BCUT2D eigenvalue weighted by Gasteiger charge is 2.56. The van der Waals surface area contributed by atoms with Gasteiger partial charge in [0.15, 0.2) is 0 Å². The molecule has 2 amide bonds. The molecule has 4 rings (SSSR count). The normalized spacial score (nSPS) is 20.2. The molecule has 1 aliphatic rings. The summed E-state index contributed by atoms with van der Waals surface area (Å²) in [7, 11) is 0. The second-order valence-corrected chi connectivity index (χ2v) is 8.23. The molecule has 2 unspecified atom stereocenters. The van der Waals surface area contributed by atoms with Gasteiger partial charge in [-0.05, 0) is 55.5 Å². The van der Waals surface area contributed by atoms with Crippen LogP contribution in [0.25, 0.3) is 11.3 Å². The number of imide groups is 1. The fraction of sp³-hybridized carbons (Fsp3) is 0.250. The third-order valence-electron chi connectivity index (χ3n) is 5.30. The summed E-state index contributed by atoms with van der Waals surface area (Å²) in [5.41, 5.74) is 7.42. The van der Waals surface area contributed by atoms with Crippen LogP contribution in [0.2, 0.25) is 0 Å². The monoisotopic (exact) mass is 481 g/mol. The Hall–Kier alpha value is -3.60. The van der Waals surface area contributed by atoms with Crippen molar-refractivity contribution in [2.75, 3.05) is 13.2 Å². The fourth-order valence-corrected chi connectivity index (χ4v) is 4.04. The Morgan fingerprint density at radius 2 is 1.68 bits per heavy atom. The molecule has 0 saturated carbocycles.